The Morgan fingerprint density at radius 3 is 2.79 bits per heavy atom. The maximum atomic E-state index is 5.36. The molecule has 3 nitrogen and oxygen atoms in total. The first kappa shape index (κ1) is 14.4. The van der Waals surface area contributed by atoms with E-state index in [4.69, 9.17) is 4.74 Å². The quantitative estimate of drug-likeness (QED) is 0.883. The van der Waals surface area contributed by atoms with Crippen LogP contribution in [0.2, 0.25) is 0 Å². The van der Waals surface area contributed by atoms with Gasteiger partial charge < -0.3 is 10.1 Å². The molecule has 1 saturated heterocycles. The van der Waals surface area contributed by atoms with Crippen molar-refractivity contribution in [3.8, 4) is 5.75 Å². The molecule has 0 bridgehead atoms. The monoisotopic (exact) mass is 262 g/mol. The smallest absolute Gasteiger partial charge is 0.121 e. The number of hydrogen-bond acceptors (Lipinski definition) is 3. The summed E-state index contributed by atoms with van der Waals surface area (Å²) in [5, 5.41) is 3.34. The number of hydrogen-bond donors (Lipinski definition) is 1. The van der Waals surface area contributed by atoms with E-state index in [-0.39, 0.29) is 0 Å². The minimum atomic E-state index is 0.544. The van der Waals surface area contributed by atoms with Crippen molar-refractivity contribution in [2.75, 3.05) is 33.8 Å². The van der Waals surface area contributed by atoms with Crippen molar-refractivity contribution in [2.24, 2.45) is 5.92 Å². The van der Waals surface area contributed by atoms with Gasteiger partial charge in [-0.05, 0) is 63.1 Å². The molecule has 2 rings (SSSR count). The normalized spacial score (nSPS) is 23.8. The Bertz CT molecular complexity index is 419. The molecule has 1 N–H and O–H groups in total. The first-order chi connectivity index (χ1) is 9.21. The van der Waals surface area contributed by atoms with Gasteiger partial charge in [0.2, 0.25) is 0 Å². The Morgan fingerprint density at radius 2 is 2.21 bits per heavy atom. The van der Waals surface area contributed by atoms with Crippen molar-refractivity contribution in [1.82, 2.24) is 10.2 Å². The van der Waals surface area contributed by atoms with E-state index in [1.807, 2.05) is 7.05 Å². The zero-order valence-electron chi connectivity index (χ0n) is 12.6. The molecule has 1 heterocycles. The van der Waals surface area contributed by atoms with Crippen LogP contribution in [0.25, 0.3) is 0 Å². The summed E-state index contributed by atoms with van der Waals surface area (Å²) in [5.41, 5.74) is 2.66. The van der Waals surface area contributed by atoms with Crippen molar-refractivity contribution in [1.29, 1.82) is 0 Å². The van der Waals surface area contributed by atoms with Gasteiger partial charge in [-0.25, -0.2) is 0 Å². The topological polar surface area (TPSA) is 24.5 Å². The fraction of sp³-hybridized carbons (Fsp3) is 0.625. The summed E-state index contributed by atoms with van der Waals surface area (Å²) in [6.07, 6.45) is 1.28. The van der Waals surface area contributed by atoms with Gasteiger partial charge in [-0.3, -0.25) is 4.90 Å². The van der Waals surface area contributed by atoms with Crippen molar-refractivity contribution >= 4 is 0 Å². The van der Waals surface area contributed by atoms with E-state index < -0.39 is 0 Å². The van der Waals surface area contributed by atoms with Crippen molar-refractivity contribution in [3.05, 3.63) is 29.3 Å². The summed E-state index contributed by atoms with van der Waals surface area (Å²) < 4.78 is 5.36. The summed E-state index contributed by atoms with van der Waals surface area (Å²) in [4.78, 5) is 2.59. The standard InChI is InChI=1S/C16H26N2O/c1-5-18-9-8-14(11-17-3)16(18)13-6-7-15(19-4)12(2)10-13/h6-7,10,14,16-17H,5,8-9,11H2,1-4H3. The van der Waals surface area contributed by atoms with Crippen LogP contribution in [0.4, 0.5) is 0 Å². The first-order valence-corrected chi connectivity index (χ1v) is 7.24. The van der Waals surface area contributed by atoms with Gasteiger partial charge in [0.1, 0.15) is 5.75 Å². The van der Waals surface area contributed by atoms with Gasteiger partial charge in [-0.15, -0.1) is 0 Å². The molecule has 0 radical (unpaired) electrons. The van der Waals surface area contributed by atoms with Gasteiger partial charge >= 0.3 is 0 Å². The second-order valence-corrected chi connectivity index (χ2v) is 5.41. The highest BCUT2D eigenvalue weighted by Crippen LogP contribution is 2.37. The third-order valence-corrected chi connectivity index (χ3v) is 4.26. The molecule has 19 heavy (non-hydrogen) atoms. The van der Waals surface area contributed by atoms with Gasteiger partial charge in [0.25, 0.3) is 0 Å². The van der Waals surface area contributed by atoms with E-state index in [1.165, 1.54) is 24.1 Å². The zero-order chi connectivity index (χ0) is 13.8. The predicted octanol–water partition coefficient (Wildman–Crippen LogP) is 2.61. The van der Waals surface area contributed by atoms with Crippen LogP contribution in [-0.4, -0.2) is 38.7 Å². The van der Waals surface area contributed by atoms with Crippen LogP contribution in [0.3, 0.4) is 0 Å². The molecule has 3 heteroatoms. The summed E-state index contributed by atoms with van der Waals surface area (Å²) in [6.45, 7) is 7.80. The molecule has 1 fully saturated rings. The van der Waals surface area contributed by atoms with E-state index in [1.54, 1.807) is 7.11 Å². The minimum Gasteiger partial charge on any atom is -0.496 e. The Morgan fingerprint density at radius 1 is 1.42 bits per heavy atom. The molecular formula is C16H26N2O. The van der Waals surface area contributed by atoms with E-state index in [9.17, 15) is 0 Å². The lowest BCUT2D eigenvalue weighted by Crippen LogP contribution is -2.29. The third-order valence-electron chi connectivity index (χ3n) is 4.26. The summed E-state index contributed by atoms with van der Waals surface area (Å²) in [7, 11) is 3.78. The maximum absolute atomic E-state index is 5.36. The number of aryl methyl sites for hydroxylation is 1. The Balaban J connectivity index is 2.27. The molecule has 1 aromatic carbocycles. The highest BCUT2D eigenvalue weighted by atomic mass is 16.5. The molecule has 1 aliphatic rings. The second-order valence-electron chi connectivity index (χ2n) is 5.41. The van der Waals surface area contributed by atoms with Crippen molar-refractivity contribution in [3.63, 3.8) is 0 Å². The second kappa shape index (κ2) is 6.40. The van der Waals surface area contributed by atoms with Crippen molar-refractivity contribution in [2.45, 2.75) is 26.3 Å². The van der Waals surface area contributed by atoms with Crippen LogP contribution in [0.5, 0.6) is 5.75 Å². The summed E-state index contributed by atoms with van der Waals surface area (Å²) in [5.74, 6) is 1.69. The van der Waals surface area contributed by atoms with Gasteiger partial charge in [0.05, 0.1) is 7.11 Å². The van der Waals surface area contributed by atoms with E-state index >= 15 is 0 Å². The summed E-state index contributed by atoms with van der Waals surface area (Å²) in [6, 6.07) is 7.17. The van der Waals surface area contributed by atoms with E-state index in [0.717, 1.165) is 18.8 Å². The van der Waals surface area contributed by atoms with Crippen LogP contribution >= 0.6 is 0 Å². The molecule has 0 amide bonds. The van der Waals surface area contributed by atoms with Crippen LogP contribution in [0, 0.1) is 12.8 Å². The minimum absolute atomic E-state index is 0.544. The molecule has 1 aliphatic heterocycles. The van der Waals surface area contributed by atoms with Crippen LogP contribution in [0.15, 0.2) is 18.2 Å². The molecule has 106 valence electrons. The van der Waals surface area contributed by atoms with Crippen LogP contribution in [0.1, 0.15) is 30.5 Å². The van der Waals surface area contributed by atoms with Crippen molar-refractivity contribution < 1.29 is 4.74 Å². The number of nitrogens with one attached hydrogen (secondary N) is 1. The number of rotatable bonds is 5. The van der Waals surface area contributed by atoms with E-state index in [0.29, 0.717) is 12.0 Å². The lowest BCUT2D eigenvalue weighted by molar-refractivity contribution is 0.238. The highest BCUT2D eigenvalue weighted by Gasteiger charge is 2.33. The average molecular weight is 262 g/mol. The summed E-state index contributed by atoms with van der Waals surface area (Å²) >= 11 is 0. The van der Waals surface area contributed by atoms with Crippen LogP contribution in [-0.2, 0) is 0 Å². The molecule has 0 aromatic heterocycles. The van der Waals surface area contributed by atoms with Crippen LogP contribution < -0.4 is 10.1 Å². The largest absolute Gasteiger partial charge is 0.496 e. The first-order valence-electron chi connectivity index (χ1n) is 7.24. The van der Waals surface area contributed by atoms with E-state index in [2.05, 4.69) is 42.3 Å². The van der Waals surface area contributed by atoms with Gasteiger partial charge in [-0.2, -0.15) is 0 Å². The molecule has 0 spiro atoms. The van der Waals surface area contributed by atoms with Gasteiger partial charge in [0.15, 0.2) is 0 Å². The fourth-order valence-electron chi connectivity index (χ4n) is 3.33. The maximum Gasteiger partial charge on any atom is 0.121 e. The molecule has 2 atom stereocenters. The van der Waals surface area contributed by atoms with Gasteiger partial charge in [-0.1, -0.05) is 19.1 Å². The number of nitrogens with zero attached hydrogens (tertiary/aromatic N) is 1. The highest BCUT2D eigenvalue weighted by molar-refractivity contribution is 5.38. The number of methoxy groups -OCH3 is 1. The SMILES string of the molecule is CCN1CCC(CNC)C1c1ccc(OC)c(C)c1. The molecule has 0 aliphatic carbocycles. The van der Waals surface area contributed by atoms with Gasteiger partial charge in [0, 0.05) is 6.04 Å². The molecule has 0 saturated carbocycles. The Kier molecular flexibility index (Phi) is 4.83. The number of ether oxygens (including phenoxy) is 1. The fourth-order valence-corrected chi connectivity index (χ4v) is 3.33. The predicted molar refractivity (Wildman–Crippen MR) is 79.8 cm³/mol. The average Bonchev–Trinajstić information content (AvgIpc) is 2.82. The molecule has 2 unspecified atom stereocenters. The Labute approximate surface area is 116 Å². The molecular weight excluding hydrogens is 236 g/mol. The lowest BCUT2D eigenvalue weighted by atomic mass is 9.92. The molecule has 1 aromatic rings. The number of likely N-dealkylation sites (tertiary alicyclic amines) is 1. The number of benzene rings is 1. The zero-order valence-corrected chi connectivity index (χ0v) is 12.6. The Hall–Kier alpha value is -1.06. The third kappa shape index (κ3) is 2.93. The lowest BCUT2D eigenvalue weighted by Gasteiger charge is -2.28.